The van der Waals surface area contributed by atoms with Gasteiger partial charge >= 0.3 is 0 Å². The monoisotopic (exact) mass is 324 g/mol. The second kappa shape index (κ2) is 6.54. The Bertz CT molecular complexity index is 793. The Morgan fingerprint density at radius 1 is 1.33 bits per heavy atom. The fraction of sp³-hybridized carbons (Fsp3) is 0.353. The van der Waals surface area contributed by atoms with E-state index in [1.807, 2.05) is 18.3 Å². The van der Waals surface area contributed by atoms with Crippen molar-refractivity contribution >= 4 is 0 Å². The first-order valence-corrected chi connectivity index (χ1v) is 8.14. The standard InChI is InChI=1S/C17H20N6O/c1-12(13-2-4-14(5-3-13)23-8-7-19-22-23)18-10-17-15-11-24-9-6-16(15)20-21-17/h2-5,7-8,12,18H,6,9-11H2,1H3,(H,20,21). The van der Waals surface area contributed by atoms with Crippen LogP contribution in [0.4, 0.5) is 0 Å². The van der Waals surface area contributed by atoms with Gasteiger partial charge < -0.3 is 10.1 Å². The summed E-state index contributed by atoms with van der Waals surface area (Å²) in [6.07, 6.45) is 4.42. The predicted octanol–water partition coefficient (Wildman–Crippen LogP) is 1.91. The van der Waals surface area contributed by atoms with Crippen LogP contribution < -0.4 is 5.32 Å². The number of H-pyrrole nitrogens is 1. The molecular weight excluding hydrogens is 304 g/mol. The third-order valence-electron chi connectivity index (χ3n) is 4.44. The van der Waals surface area contributed by atoms with Crippen LogP contribution in [0.3, 0.4) is 0 Å². The zero-order chi connectivity index (χ0) is 16.4. The molecule has 3 aromatic rings. The van der Waals surface area contributed by atoms with Crippen LogP contribution in [0.15, 0.2) is 36.7 Å². The van der Waals surface area contributed by atoms with Crippen molar-refractivity contribution in [2.75, 3.05) is 6.61 Å². The second-order valence-corrected chi connectivity index (χ2v) is 5.97. The van der Waals surface area contributed by atoms with Crippen molar-refractivity contribution in [1.82, 2.24) is 30.5 Å². The molecule has 1 unspecified atom stereocenters. The molecule has 2 aromatic heterocycles. The Morgan fingerprint density at radius 2 is 2.21 bits per heavy atom. The zero-order valence-electron chi connectivity index (χ0n) is 13.6. The normalized spacial score (nSPS) is 15.2. The van der Waals surface area contributed by atoms with E-state index in [1.54, 1.807) is 10.9 Å². The molecule has 7 heteroatoms. The summed E-state index contributed by atoms with van der Waals surface area (Å²) in [7, 11) is 0. The summed E-state index contributed by atoms with van der Waals surface area (Å²) in [5.41, 5.74) is 5.70. The number of ether oxygens (including phenoxy) is 1. The van der Waals surface area contributed by atoms with Gasteiger partial charge in [0.1, 0.15) is 0 Å². The molecule has 24 heavy (non-hydrogen) atoms. The minimum Gasteiger partial charge on any atom is -0.376 e. The molecule has 0 radical (unpaired) electrons. The molecule has 1 atom stereocenters. The van der Waals surface area contributed by atoms with E-state index in [9.17, 15) is 0 Å². The number of fused-ring (bicyclic) bond motifs is 1. The first kappa shape index (κ1) is 15.0. The van der Waals surface area contributed by atoms with Crippen LogP contribution in [-0.2, 0) is 24.3 Å². The summed E-state index contributed by atoms with van der Waals surface area (Å²) in [4.78, 5) is 0. The Labute approximate surface area is 140 Å². The van der Waals surface area contributed by atoms with E-state index in [0.717, 1.165) is 31.0 Å². The average Bonchev–Trinajstić information content (AvgIpc) is 3.30. The van der Waals surface area contributed by atoms with E-state index in [2.05, 4.69) is 44.9 Å². The molecule has 0 aliphatic carbocycles. The van der Waals surface area contributed by atoms with Crippen LogP contribution in [0.5, 0.6) is 0 Å². The first-order valence-electron chi connectivity index (χ1n) is 8.14. The van der Waals surface area contributed by atoms with Gasteiger partial charge in [0, 0.05) is 30.3 Å². The van der Waals surface area contributed by atoms with E-state index >= 15 is 0 Å². The number of nitrogens with zero attached hydrogens (tertiary/aromatic N) is 4. The van der Waals surface area contributed by atoms with Crippen molar-refractivity contribution in [3.8, 4) is 5.69 Å². The molecule has 3 heterocycles. The van der Waals surface area contributed by atoms with Gasteiger partial charge in [-0.25, -0.2) is 4.68 Å². The number of rotatable bonds is 5. The van der Waals surface area contributed by atoms with Gasteiger partial charge in [-0.2, -0.15) is 5.10 Å². The fourth-order valence-electron chi connectivity index (χ4n) is 2.95. The number of nitrogens with one attached hydrogen (secondary N) is 2. The molecule has 2 N–H and O–H groups in total. The van der Waals surface area contributed by atoms with Gasteiger partial charge in [0.15, 0.2) is 0 Å². The summed E-state index contributed by atoms with van der Waals surface area (Å²) in [5, 5.41) is 18.9. The summed E-state index contributed by atoms with van der Waals surface area (Å²) < 4.78 is 7.28. The molecule has 0 bridgehead atoms. The van der Waals surface area contributed by atoms with Crippen LogP contribution in [0.25, 0.3) is 5.69 Å². The third kappa shape index (κ3) is 2.95. The number of hydrogen-bond acceptors (Lipinski definition) is 5. The minimum absolute atomic E-state index is 0.228. The smallest absolute Gasteiger partial charge is 0.0818 e. The van der Waals surface area contributed by atoms with Gasteiger partial charge in [0.05, 0.1) is 37.0 Å². The molecule has 0 spiro atoms. The molecule has 1 aromatic carbocycles. The Morgan fingerprint density at radius 3 is 3.00 bits per heavy atom. The van der Waals surface area contributed by atoms with Crippen LogP contribution in [0.1, 0.15) is 35.5 Å². The zero-order valence-corrected chi connectivity index (χ0v) is 13.6. The van der Waals surface area contributed by atoms with Crippen LogP contribution in [-0.4, -0.2) is 31.8 Å². The van der Waals surface area contributed by atoms with Gasteiger partial charge in [-0.15, -0.1) is 5.10 Å². The lowest BCUT2D eigenvalue weighted by molar-refractivity contribution is 0.109. The molecule has 4 rings (SSSR count). The van der Waals surface area contributed by atoms with Crippen molar-refractivity contribution in [2.24, 2.45) is 0 Å². The Kier molecular flexibility index (Phi) is 4.10. The Balaban J connectivity index is 1.41. The highest BCUT2D eigenvalue weighted by atomic mass is 16.5. The molecule has 0 saturated heterocycles. The Hall–Kier alpha value is -2.51. The van der Waals surface area contributed by atoms with E-state index in [4.69, 9.17) is 4.74 Å². The topological polar surface area (TPSA) is 80.6 Å². The summed E-state index contributed by atoms with van der Waals surface area (Å²) in [6, 6.07) is 8.54. The molecule has 0 amide bonds. The third-order valence-corrected chi connectivity index (χ3v) is 4.44. The largest absolute Gasteiger partial charge is 0.376 e. The molecule has 1 aliphatic heterocycles. The van der Waals surface area contributed by atoms with Crippen LogP contribution in [0, 0.1) is 0 Å². The van der Waals surface area contributed by atoms with Crippen molar-refractivity contribution in [1.29, 1.82) is 0 Å². The molecule has 0 fully saturated rings. The van der Waals surface area contributed by atoms with Crippen LogP contribution >= 0.6 is 0 Å². The fourth-order valence-corrected chi connectivity index (χ4v) is 2.95. The number of aromatic nitrogens is 5. The van der Waals surface area contributed by atoms with E-state index in [1.165, 1.54) is 16.8 Å². The van der Waals surface area contributed by atoms with Crippen LogP contribution in [0.2, 0.25) is 0 Å². The quantitative estimate of drug-likeness (QED) is 0.749. The lowest BCUT2D eigenvalue weighted by Gasteiger charge is -2.16. The first-order chi connectivity index (χ1) is 11.8. The van der Waals surface area contributed by atoms with Crippen molar-refractivity contribution in [3.05, 3.63) is 59.2 Å². The second-order valence-electron chi connectivity index (χ2n) is 5.97. The maximum Gasteiger partial charge on any atom is 0.0818 e. The SMILES string of the molecule is CC(NCc1n[nH]c2c1COCC2)c1ccc(-n2ccnn2)cc1. The lowest BCUT2D eigenvalue weighted by atomic mass is 10.1. The average molecular weight is 324 g/mol. The summed E-state index contributed by atoms with van der Waals surface area (Å²) in [6.45, 7) is 4.31. The van der Waals surface area contributed by atoms with Gasteiger partial charge in [0.25, 0.3) is 0 Å². The van der Waals surface area contributed by atoms with Gasteiger partial charge in [0.2, 0.25) is 0 Å². The molecule has 0 saturated carbocycles. The predicted molar refractivity (Wildman–Crippen MR) is 88.6 cm³/mol. The molecule has 7 nitrogen and oxygen atoms in total. The molecular formula is C17H20N6O. The minimum atomic E-state index is 0.228. The number of hydrogen-bond donors (Lipinski definition) is 2. The summed E-state index contributed by atoms with van der Waals surface area (Å²) >= 11 is 0. The number of aromatic amines is 1. The van der Waals surface area contributed by atoms with Crippen molar-refractivity contribution < 1.29 is 4.74 Å². The molecule has 1 aliphatic rings. The van der Waals surface area contributed by atoms with E-state index < -0.39 is 0 Å². The summed E-state index contributed by atoms with van der Waals surface area (Å²) in [5.74, 6) is 0. The van der Waals surface area contributed by atoms with E-state index in [0.29, 0.717) is 6.61 Å². The van der Waals surface area contributed by atoms with E-state index in [-0.39, 0.29) is 6.04 Å². The van der Waals surface area contributed by atoms with Gasteiger partial charge in [-0.3, -0.25) is 5.10 Å². The maximum atomic E-state index is 5.53. The highest BCUT2D eigenvalue weighted by Gasteiger charge is 2.17. The molecule has 124 valence electrons. The maximum absolute atomic E-state index is 5.53. The highest BCUT2D eigenvalue weighted by molar-refractivity contribution is 5.34. The van der Waals surface area contributed by atoms with Gasteiger partial charge in [-0.1, -0.05) is 17.3 Å². The van der Waals surface area contributed by atoms with Gasteiger partial charge in [-0.05, 0) is 24.6 Å². The van der Waals surface area contributed by atoms with Crippen molar-refractivity contribution in [3.63, 3.8) is 0 Å². The lowest BCUT2D eigenvalue weighted by Crippen LogP contribution is -2.20. The number of benzene rings is 1. The highest BCUT2D eigenvalue weighted by Crippen LogP contribution is 2.20. The van der Waals surface area contributed by atoms with Crippen molar-refractivity contribution in [2.45, 2.75) is 32.5 Å².